The molecule has 0 fully saturated rings. The summed E-state index contributed by atoms with van der Waals surface area (Å²) in [6.07, 6.45) is 0. The smallest absolute Gasteiger partial charge is 0.291 e. The molecule has 1 aromatic carbocycles. The van der Waals surface area contributed by atoms with E-state index in [1.54, 1.807) is 31.4 Å². The maximum atomic E-state index is 11.9. The normalized spacial score (nSPS) is 10.2. The summed E-state index contributed by atoms with van der Waals surface area (Å²) >= 11 is 3.16. The number of aryl methyl sites for hydroxylation is 1. The molecule has 4 nitrogen and oxygen atoms in total. The van der Waals surface area contributed by atoms with E-state index >= 15 is 0 Å². The lowest BCUT2D eigenvalue weighted by atomic mass is 10.2. The zero-order valence-corrected chi connectivity index (χ0v) is 11.6. The van der Waals surface area contributed by atoms with E-state index in [0.29, 0.717) is 4.67 Å². The number of furan rings is 1. The van der Waals surface area contributed by atoms with Gasteiger partial charge in [-0.05, 0) is 58.7 Å². The first-order valence-electron chi connectivity index (χ1n) is 5.31. The van der Waals surface area contributed by atoms with Crippen molar-refractivity contribution in [3.8, 4) is 5.75 Å². The summed E-state index contributed by atoms with van der Waals surface area (Å²) in [5.74, 6) is 0.734. The summed E-state index contributed by atoms with van der Waals surface area (Å²) in [6, 6.07) is 8.73. The molecule has 1 amide bonds. The average Bonchev–Trinajstić information content (AvgIpc) is 2.78. The van der Waals surface area contributed by atoms with Crippen LogP contribution in [-0.2, 0) is 0 Å². The summed E-state index contributed by atoms with van der Waals surface area (Å²) in [6.45, 7) is 1.90. The molecule has 2 aromatic rings. The molecular formula is C13H12BrNO3. The van der Waals surface area contributed by atoms with Crippen molar-refractivity contribution in [1.82, 2.24) is 0 Å². The Morgan fingerprint density at radius 3 is 2.67 bits per heavy atom. The van der Waals surface area contributed by atoms with Crippen molar-refractivity contribution in [2.24, 2.45) is 0 Å². The molecule has 0 radical (unpaired) electrons. The van der Waals surface area contributed by atoms with Gasteiger partial charge in [-0.3, -0.25) is 4.79 Å². The van der Waals surface area contributed by atoms with Crippen molar-refractivity contribution in [2.75, 3.05) is 12.4 Å². The van der Waals surface area contributed by atoms with E-state index in [1.165, 1.54) is 0 Å². The molecule has 5 heteroatoms. The van der Waals surface area contributed by atoms with Crippen LogP contribution in [0.4, 0.5) is 5.69 Å². The predicted octanol–water partition coefficient (Wildman–Crippen LogP) is 3.61. The van der Waals surface area contributed by atoms with Crippen molar-refractivity contribution >= 4 is 27.5 Å². The number of benzene rings is 1. The molecule has 94 valence electrons. The van der Waals surface area contributed by atoms with Crippen molar-refractivity contribution in [2.45, 2.75) is 6.92 Å². The number of nitrogens with one attached hydrogen (secondary N) is 1. The minimum absolute atomic E-state index is 0.261. The monoisotopic (exact) mass is 309 g/mol. The Bertz CT molecular complexity index is 577. The standard InChI is InChI=1S/C13H12BrNO3/c1-8-7-9(17-2)3-4-10(8)15-13(16)11-5-6-12(14)18-11/h3-7H,1-2H3,(H,15,16). The fourth-order valence-electron chi connectivity index (χ4n) is 1.52. The van der Waals surface area contributed by atoms with Crippen LogP contribution in [0.3, 0.4) is 0 Å². The van der Waals surface area contributed by atoms with Crippen LogP contribution in [0.1, 0.15) is 16.1 Å². The van der Waals surface area contributed by atoms with E-state index in [-0.39, 0.29) is 11.7 Å². The first-order chi connectivity index (χ1) is 8.60. The number of amides is 1. The summed E-state index contributed by atoms with van der Waals surface area (Å²) in [5.41, 5.74) is 1.65. The van der Waals surface area contributed by atoms with Crippen LogP contribution in [0.2, 0.25) is 0 Å². The van der Waals surface area contributed by atoms with Crippen LogP contribution in [-0.4, -0.2) is 13.0 Å². The Hall–Kier alpha value is -1.75. The first kappa shape index (κ1) is 12.7. The van der Waals surface area contributed by atoms with E-state index in [9.17, 15) is 4.79 Å². The average molecular weight is 310 g/mol. The molecule has 2 rings (SSSR count). The van der Waals surface area contributed by atoms with E-state index in [4.69, 9.17) is 9.15 Å². The minimum atomic E-state index is -0.283. The number of halogens is 1. The highest BCUT2D eigenvalue weighted by Crippen LogP contribution is 2.22. The fourth-order valence-corrected chi connectivity index (χ4v) is 1.83. The highest BCUT2D eigenvalue weighted by atomic mass is 79.9. The van der Waals surface area contributed by atoms with Gasteiger partial charge in [-0.2, -0.15) is 0 Å². The van der Waals surface area contributed by atoms with Gasteiger partial charge in [-0.1, -0.05) is 0 Å². The number of ether oxygens (including phenoxy) is 1. The molecule has 1 aromatic heterocycles. The molecule has 0 unspecified atom stereocenters. The maximum Gasteiger partial charge on any atom is 0.291 e. The molecule has 0 aliphatic carbocycles. The highest BCUT2D eigenvalue weighted by molar-refractivity contribution is 9.10. The Morgan fingerprint density at radius 1 is 1.33 bits per heavy atom. The van der Waals surface area contributed by atoms with Crippen LogP contribution in [0.15, 0.2) is 39.4 Å². The van der Waals surface area contributed by atoms with Crippen molar-refractivity contribution in [3.05, 3.63) is 46.3 Å². The summed E-state index contributed by atoms with van der Waals surface area (Å²) in [4.78, 5) is 11.9. The van der Waals surface area contributed by atoms with Crippen LogP contribution in [0, 0.1) is 6.92 Å². The van der Waals surface area contributed by atoms with Gasteiger partial charge >= 0.3 is 0 Å². The molecule has 0 atom stereocenters. The van der Waals surface area contributed by atoms with Crippen molar-refractivity contribution < 1.29 is 13.9 Å². The third-order valence-corrected chi connectivity index (χ3v) is 2.90. The largest absolute Gasteiger partial charge is 0.497 e. The van der Waals surface area contributed by atoms with Crippen LogP contribution < -0.4 is 10.1 Å². The molecule has 0 aliphatic rings. The summed E-state index contributed by atoms with van der Waals surface area (Å²) < 4.78 is 10.8. The Balaban J connectivity index is 2.16. The molecular weight excluding hydrogens is 298 g/mol. The lowest BCUT2D eigenvalue weighted by Gasteiger charge is -2.08. The lowest BCUT2D eigenvalue weighted by molar-refractivity contribution is 0.0995. The number of hydrogen-bond donors (Lipinski definition) is 1. The molecule has 1 N–H and O–H groups in total. The highest BCUT2D eigenvalue weighted by Gasteiger charge is 2.11. The molecule has 18 heavy (non-hydrogen) atoms. The Morgan fingerprint density at radius 2 is 2.11 bits per heavy atom. The van der Waals surface area contributed by atoms with Gasteiger partial charge in [0.05, 0.1) is 7.11 Å². The SMILES string of the molecule is COc1ccc(NC(=O)c2ccc(Br)o2)c(C)c1. The third kappa shape index (κ3) is 2.73. The number of rotatable bonds is 3. The maximum absolute atomic E-state index is 11.9. The number of carbonyl (C=O) groups excluding carboxylic acids is 1. The van der Waals surface area contributed by atoms with Gasteiger partial charge in [0.2, 0.25) is 0 Å². The van der Waals surface area contributed by atoms with E-state index < -0.39 is 0 Å². The molecule has 0 bridgehead atoms. The number of hydrogen-bond acceptors (Lipinski definition) is 3. The third-order valence-electron chi connectivity index (χ3n) is 2.48. The van der Waals surface area contributed by atoms with Crippen LogP contribution in [0.25, 0.3) is 0 Å². The number of anilines is 1. The van der Waals surface area contributed by atoms with Crippen molar-refractivity contribution in [3.63, 3.8) is 0 Å². The van der Waals surface area contributed by atoms with Gasteiger partial charge < -0.3 is 14.5 Å². The van der Waals surface area contributed by atoms with E-state index in [2.05, 4.69) is 21.2 Å². The lowest BCUT2D eigenvalue weighted by Crippen LogP contribution is -2.11. The van der Waals surface area contributed by atoms with E-state index in [1.807, 2.05) is 13.0 Å². The topological polar surface area (TPSA) is 51.5 Å². The first-order valence-corrected chi connectivity index (χ1v) is 6.11. The van der Waals surface area contributed by atoms with E-state index in [0.717, 1.165) is 17.0 Å². The van der Waals surface area contributed by atoms with Gasteiger partial charge in [0.1, 0.15) is 5.75 Å². The second-order valence-electron chi connectivity index (χ2n) is 3.74. The second kappa shape index (κ2) is 5.27. The zero-order valence-electron chi connectivity index (χ0n) is 9.99. The summed E-state index contributed by atoms with van der Waals surface area (Å²) in [5, 5.41) is 2.78. The fraction of sp³-hybridized carbons (Fsp3) is 0.154. The van der Waals surface area contributed by atoms with Gasteiger partial charge in [-0.25, -0.2) is 0 Å². The second-order valence-corrected chi connectivity index (χ2v) is 4.52. The molecule has 0 saturated heterocycles. The Labute approximate surface area is 113 Å². The zero-order chi connectivity index (χ0) is 13.1. The quantitative estimate of drug-likeness (QED) is 0.942. The van der Waals surface area contributed by atoms with Crippen molar-refractivity contribution in [1.29, 1.82) is 0 Å². The molecule has 0 saturated carbocycles. The van der Waals surface area contributed by atoms with Crippen LogP contribution >= 0.6 is 15.9 Å². The number of methoxy groups -OCH3 is 1. The minimum Gasteiger partial charge on any atom is -0.497 e. The van der Waals surface area contributed by atoms with Gasteiger partial charge in [-0.15, -0.1) is 0 Å². The van der Waals surface area contributed by atoms with Gasteiger partial charge in [0.25, 0.3) is 5.91 Å². The van der Waals surface area contributed by atoms with Gasteiger partial charge in [0, 0.05) is 5.69 Å². The van der Waals surface area contributed by atoms with Gasteiger partial charge in [0.15, 0.2) is 10.4 Å². The Kier molecular flexibility index (Phi) is 3.72. The predicted molar refractivity (Wildman–Crippen MR) is 72.1 cm³/mol. The van der Waals surface area contributed by atoms with Crippen LogP contribution in [0.5, 0.6) is 5.75 Å². The summed E-state index contributed by atoms with van der Waals surface area (Å²) in [7, 11) is 1.60. The molecule has 1 heterocycles. The molecule has 0 spiro atoms. The number of carbonyl (C=O) groups is 1. The molecule has 0 aliphatic heterocycles.